The molecule has 22 heavy (non-hydrogen) atoms. The summed E-state index contributed by atoms with van der Waals surface area (Å²) in [6.07, 6.45) is 0. The van der Waals surface area contributed by atoms with Crippen LogP contribution in [0, 0.1) is 0 Å². The minimum absolute atomic E-state index is 0.123. The first kappa shape index (κ1) is 15.6. The molecule has 114 valence electrons. The second kappa shape index (κ2) is 6.76. The van der Waals surface area contributed by atoms with E-state index >= 15 is 0 Å². The first-order chi connectivity index (χ1) is 10.5. The molecule has 5 nitrogen and oxygen atoms in total. The summed E-state index contributed by atoms with van der Waals surface area (Å²) in [7, 11) is 1.55. The number of para-hydroxylation sites is 1. The lowest BCUT2D eigenvalue weighted by molar-refractivity contribution is -0.138. The number of methoxy groups -OCH3 is 1. The predicted octanol–water partition coefficient (Wildman–Crippen LogP) is 3.14. The lowest BCUT2D eigenvalue weighted by Gasteiger charge is -2.18. The van der Waals surface area contributed by atoms with Crippen molar-refractivity contribution in [1.82, 2.24) is 0 Å². The van der Waals surface area contributed by atoms with E-state index in [1.807, 2.05) is 0 Å². The molecule has 0 saturated heterocycles. The molecule has 0 aromatic heterocycles. The molecule has 0 aliphatic carbocycles. The molecule has 0 aliphatic heterocycles. The fourth-order valence-corrected chi connectivity index (χ4v) is 2.16. The smallest absolute Gasteiger partial charge is 0.330 e. The van der Waals surface area contributed by atoms with Crippen molar-refractivity contribution in [2.24, 2.45) is 0 Å². The summed E-state index contributed by atoms with van der Waals surface area (Å²) in [6, 6.07) is 12.7. The van der Waals surface area contributed by atoms with Crippen LogP contribution in [0.3, 0.4) is 0 Å². The number of hydrogen-bond donors (Lipinski definition) is 2. The van der Waals surface area contributed by atoms with Gasteiger partial charge >= 0.3 is 5.97 Å². The Balaban J connectivity index is 2.33. The number of carbonyl (C=O) groups is 2. The van der Waals surface area contributed by atoms with E-state index in [0.717, 1.165) is 0 Å². The average molecular weight is 299 g/mol. The Labute approximate surface area is 128 Å². The zero-order valence-electron chi connectivity index (χ0n) is 12.4. The summed E-state index contributed by atoms with van der Waals surface area (Å²) in [5.41, 5.74) is 1.53. The second-order valence-electron chi connectivity index (χ2n) is 4.79. The lowest BCUT2D eigenvalue weighted by Crippen LogP contribution is -2.21. The Morgan fingerprint density at radius 1 is 1.09 bits per heavy atom. The number of Topliss-reactive ketones (excluding diaryl/α,β-unsaturated/α-hetero) is 1. The van der Waals surface area contributed by atoms with Gasteiger partial charge in [0.2, 0.25) is 0 Å². The first-order valence-corrected chi connectivity index (χ1v) is 6.76. The molecule has 5 heteroatoms. The third-order valence-corrected chi connectivity index (χ3v) is 3.30. The van der Waals surface area contributed by atoms with Gasteiger partial charge in [-0.05, 0) is 36.8 Å². The van der Waals surface area contributed by atoms with Crippen LogP contribution in [0.1, 0.15) is 28.9 Å². The lowest BCUT2D eigenvalue weighted by atomic mass is 10.0. The van der Waals surface area contributed by atoms with Crippen molar-refractivity contribution in [2.45, 2.75) is 13.0 Å². The van der Waals surface area contributed by atoms with E-state index in [1.54, 1.807) is 55.6 Å². The average Bonchev–Trinajstić information content (AvgIpc) is 2.52. The molecule has 0 fully saturated rings. The van der Waals surface area contributed by atoms with Gasteiger partial charge < -0.3 is 15.2 Å². The van der Waals surface area contributed by atoms with E-state index in [2.05, 4.69) is 5.32 Å². The van der Waals surface area contributed by atoms with E-state index in [0.29, 0.717) is 22.6 Å². The highest BCUT2D eigenvalue weighted by atomic mass is 16.5. The molecule has 2 N–H and O–H groups in total. The van der Waals surface area contributed by atoms with Crippen LogP contribution < -0.4 is 10.1 Å². The van der Waals surface area contributed by atoms with Crippen molar-refractivity contribution in [3.8, 4) is 5.75 Å². The van der Waals surface area contributed by atoms with Gasteiger partial charge in [-0.25, -0.2) is 4.79 Å². The highest BCUT2D eigenvalue weighted by molar-refractivity contribution is 6.00. The molecular formula is C17H17NO4. The number of carbonyl (C=O) groups excluding carboxylic acids is 1. The van der Waals surface area contributed by atoms with E-state index in [9.17, 15) is 14.7 Å². The SMILES string of the molecule is COc1ccc(C(Nc2ccccc2C(C)=O)C(=O)O)cc1. The standard InChI is InChI=1S/C17H17NO4/c1-11(19)14-5-3-4-6-15(14)18-16(17(20)21)12-7-9-13(22-2)10-8-12/h3-10,16,18H,1-2H3,(H,20,21). The number of nitrogens with one attached hydrogen (secondary N) is 1. The van der Waals surface area contributed by atoms with E-state index < -0.39 is 12.0 Å². The number of anilines is 1. The molecule has 0 aliphatic rings. The third-order valence-electron chi connectivity index (χ3n) is 3.30. The number of aliphatic carboxylic acids is 1. The van der Waals surface area contributed by atoms with Gasteiger partial charge in [0, 0.05) is 11.3 Å². The number of hydrogen-bond acceptors (Lipinski definition) is 4. The Morgan fingerprint density at radius 3 is 2.27 bits per heavy atom. The largest absolute Gasteiger partial charge is 0.497 e. The molecule has 1 atom stereocenters. The molecule has 2 aromatic carbocycles. The van der Waals surface area contributed by atoms with Crippen LogP contribution in [0.2, 0.25) is 0 Å². The molecule has 0 spiro atoms. The van der Waals surface area contributed by atoms with Gasteiger partial charge in [0.15, 0.2) is 11.8 Å². The van der Waals surface area contributed by atoms with Crippen molar-refractivity contribution in [3.05, 3.63) is 59.7 Å². The van der Waals surface area contributed by atoms with Gasteiger partial charge in [0.05, 0.1) is 7.11 Å². The van der Waals surface area contributed by atoms with E-state index in [1.165, 1.54) is 6.92 Å². The fourth-order valence-electron chi connectivity index (χ4n) is 2.16. The zero-order valence-corrected chi connectivity index (χ0v) is 12.4. The maximum Gasteiger partial charge on any atom is 0.330 e. The van der Waals surface area contributed by atoms with Crippen molar-refractivity contribution in [3.63, 3.8) is 0 Å². The van der Waals surface area contributed by atoms with Crippen molar-refractivity contribution in [1.29, 1.82) is 0 Å². The molecule has 0 bridgehead atoms. The van der Waals surface area contributed by atoms with Gasteiger partial charge in [-0.2, -0.15) is 0 Å². The summed E-state index contributed by atoms with van der Waals surface area (Å²) in [5, 5.41) is 12.4. The number of ether oxygens (including phenoxy) is 1. The highest BCUT2D eigenvalue weighted by Crippen LogP contribution is 2.25. The van der Waals surface area contributed by atoms with Crippen LogP contribution in [0.4, 0.5) is 5.69 Å². The van der Waals surface area contributed by atoms with Gasteiger partial charge in [-0.15, -0.1) is 0 Å². The van der Waals surface area contributed by atoms with Gasteiger partial charge in [0.25, 0.3) is 0 Å². The highest BCUT2D eigenvalue weighted by Gasteiger charge is 2.21. The summed E-state index contributed by atoms with van der Waals surface area (Å²) in [5.74, 6) is -0.498. The molecule has 0 heterocycles. The Morgan fingerprint density at radius 2 is 1.73 bits per heavy atom. The monoisotopic (exact) mass is 299 g/mol. The van der Waals surface area contributed by atoms with Gasteiger partial charge in [-0.1, -0.05) is 24.3 Å². The molecule has 2 aromatic rings. The van der Waals surface area contributed by atoms with Crippen LogP contribution in [0.15, 0.2) is 48.5 Å². The second-order valence-corrected chi connectivity index (χ2v) is 4.79. The van der Waals surface area contributed by atoms with Gasteiger partial charge in [-0.3, -0.25) is 4.79 Å². The molecule has 0 saturated carbocycles. The number of carboxylic acids is 1. The molecule has 1 unspecified atom stereocenters. The number of benzene rings is 2. The fraction of sp³-hybridized carbons (Fsp3) is 0.176. The Hall–Kier alpha value is -2.82. The summed E-state index contributed by atoms with van der Waals surface area (Å²) >= 11 is 0. The topological polar surface area (TPSA) is 75.6 Å². The van der Waals surface area contributed by atoms with Crippen LogP contribution in [0.25, 0.3) is 0 Å². The normalized spacial score (nSPS) is 11.5. The predicted molar refractivity (Wildman–Crippen MR) is 83.4 cm³/mol. The minimum atomic E-state index is -1.02. The maximum atomic E-state index is 11.6. The number of ketones is 1. The van der Waals surface area contributed by atoms with Crippen LogP contribution >= 0.6 is 0 Å². The quantitative estimate of drug-likeness (QED) is 0.801. The van der Waals surface area contributed by atoms with Crippen molar-refractivity contribution < 1.29 is 19.4 Å². The molecule has 0 radical (unpaired) electrons. The van der Waals surface area contributed by atoms with Crippen LogP contribution in [0.5, 0.6) is 5.75 Å². The minimum Gasteiger partial charge on any atom is -0.497 e. The van der Waals surface area contributed by atoms with E-state index in [-0.39, 0.29) is 5.78 Å². The maximum absolute atomic E-state index is 11.6. The number of rotatable bonds is 6. The third kappa shape index (κ3) is 3.44. The number of carboxylic acid groups (broad SMARTS) is 1. The first-order valence-electron chi connectivity index (χ1n) is 6.76. The van der Waals surface area contributed by atoms with Gasteiger partial charge in [0.1, 0.15) is 5.75 Å². The summed E-state index contributed by atoms with van der Waals surface area (Å²) in [4.78, 5) is 23.2. The zero-order chi connectivity index (χ0) is 16.1. The Kier molecular flexibility index (Phi) is 4.78. The molecule has 0 amide bonds. The summed E-state index contributed by atoms with van der Waals surface area (Å²) in [6.45, 7) is 1.45. The molecular weight excluding hydrogens is 282 g/mol. The Bertz CT molecular complexity index is 679. The van der Waals surface area contributed by atoms with E-state index in [4.69, 9.17) is 4.74 Å². The van der Waals surface area contributed by atoms with Crippen LogP contribution in [-0.4, -0.2) is 24.0 Å². The van der Waals surface area contributed by atoms with Crippen molar-refractivity contribution in [2.75, 3.05) is 12.4 Å². The van der Waals surface area contributed by atoms with Crippen LogP contribution in [-0.2, 0) is 4.79 Å². The molecule has 2 rings (SSSR count). The summed E-state index contributed by atoms with van der Waals surface area (Å²) < 4.78 is 5.07. The van der Waals surface area contributed by atoms with Crippen molar-refractivity contribution >= 4 is 17.4 Å².